The zero-order valence-corrected chi connectivity index (χ0v) is 18.8. The summed E-state index contributed by atoms with van der Waals surface area (Å²) in [7, 11) is -3.70. The van der Waals surface area contributed by atoms with Crippen LogP contribution in [0.2, 0.25) is 0 Å². The summed E-state index contributed by atoms with van der Waals surface area (Å²) in [6.07, 6.45) is 2.85. The molecule has 28 heavy (non-hydrogen) atoms. The number of carbonyl (C=O) groups is 2. The average molecular weight is 471 g/mol. The van der Waals surface area contributed by atoms with E-state index >= 15 is 0 Å². The Morgan fingerprint density at radius 3 is 2.46 bits per heavy atom. The van der Waals surface area contributed by atoms with Crippen LogP contribution in [-0.2, 0) is 25.8 Å². The standard InChI is InChI=1S/C20H27BrN2O4S/c1-3-18(24)23-10-6-15-12-16(21)13-17(20(15)23)28(26,27)11-7-19(25)22-8-4-14(2)5-9-22/h12-14H,3-11H2,1-2H3. The lowest BCUT2D eigenvalue weighted by Crippen LogP contribution is -2.38. The highest BCUT2D eigenvalue weighted by molar-refractivity contribution is 9.10. The molecule has 154 valence electrons. The van der Waals surface area contributed by atoms with Crippen molar-refractivity contribution in [2.24, 2.45) is 5.92 Å². The molecule has 2 aliphatic heterocycles. The Balaban J connectivity index is 1.80. The summed E-state index contributed by atoms with van der Waals surface area (Å²) in [4.78, 5) is 28.3. The van der Waals surface area contributed by atoms with E-state index in [2.05, 4.69) is 22.9 Å². The van der Waals surface area contributed by atoms with E-state index < -0.39 is 9.84 Å². The molecule has 8 heteroatoms. The molecule has 1 saturated heterocycles. The Bertz CT molecular complexity index is 876. The van der Waals surface area contributed by atoms with Crippen molar-refractivity contribution in [3.05, 3.63) is 22.2 Å². The number of nitrogens with zero attached hydrogens (tertiary/aromatic N) is 2. The summed E-state index contributed by atoms with van der Waals surface area (Å²) in [5, 5.41) is 0. The van der Waals surface area contributed by atoms with E-state index in [1.807, 2.05) is 6.07 Å². The second kappa shape index (κ2) is 8.53. The molecule has 0 radical (unpaired) electrons. The first kappa shape index (κ1) is 21.3. The van der Waals surface area contributed by atoms with Crippen molar-refractivity contribution in [3.63, 3.8) is 0 Å². The quantitative estimate of drug-likeness (QED) is 0.661. The van der Waals surface area contributed by atoms with Crippen molar-refractivity contribution < 1.29 is 18.0 Å². The van der Waals surface area contributed by atoms with Crippen LogP contribution < -0.4 is 4.90 Å². The summed E-state index contributed by atoms with van der Waals surface area (Å²) < 4.78 is 26.9. The van der Waals surface area contributed by atoms with Crippen molar-refractivity contribution in [2.45, 2.75) is 50.8 Å². The fourth-order valence-corrected chi connectivity index (χ4v) is 6.06. The molecule has 3 rings (SSSR count). The molecule has 1 aromatic rings. The monoisotopic (exact) mass is 470 g/mol. The predicted octanol–water partition coefficient (Wildman–Crippen LogP) is 3.17. The van der Waals surface area contributed by atoms with E-state index in [1.165, 1.54) is 0 Å². The third-order valence-corrected chi connectivity index (χ3v) is 7.83. The minimum absolute atomic E-state index is 0.0281. The van der Waals surface area contributed by atoms with Gasteiger partial charge in [0.25, 0.3) is 0 Å². The number of hydrogen-bond donors (Lipinski definition) is 0. The van der Waals surface area contributed by atoms with Gasteiger partial charge >= 0.3 is 0 Å². The highest BCUT2D eigenvalue weighted by Gasteiger charge is 2.32. The van der Waals surface area contributed by atoms with E-state index in [1.54, 1.807) is 22.8 Å². The van der Waals surface area contributed by atoms with Gasteiger partial charge in [0.15, 0.2) is 9.84 Å². The Morgan fingerprint density at radius 1 is 1.14 bits per heavy atom. The number of sulfone groups is 1. The van der Waals surface area contributed by atoms with E-state index in [0.29, 0.717) is 48.6 Å². The van der Waals surface area contributed by atoms with Gasteiger partial charge in [0.2, 0.25) is 11.8 Å². The number of piperidine rings is 1. The van der Waals surface area contributed by atoms with Crippen LogP contribution in [-0.4, -0.2) is 50.5 Å². The Kier molecular flexibility index (Phi) is 6.49. The zero-order chi connectivity index (χ0) is 20.5. The lowest BCUT2D eigenvalue weighted by atomic mass is 9.99. The van der Waals surface area contributed by atoms with Gasteiger partial charge in [-0.25, -0.2) is 8.42 Å². The number of anilines is 1. The maximum atomic E-state index is 13.1. The molecule has 1 fully saturated rings. The summed E-state index contributed by atoms with van der Waals surface area (Å²) in [5.41, 5.74) is 1.35. The molecule has 1 aromatic carbocycles. The number of hydrogen-bond acceptors (Lipinski definition) is 4. The fourth-order valence-electron chi connectivity index (χ4n) is 3.89. The minimum atomic E-state index is -3.70. The Morgan fingerprint density at radius 2 is 1.82 bits per heavy atom. The van der Waals surface area contributed by atoms with E-state index in [4.69, 9.17) is 0 Å². The first-order valence-electron chi connectivity index (χ1n) is 9.86. The molecule has 0 aliphatic carbocycles. The van der Waals surface area contributed by atoms with Crippen LogP contribution in [0.3, 0.4) is 0 Å². The molecule has 0 atom stereocenters. The van der Waals surface area contributed by atoms with Crippen LogP contribution in [0, 0.1) is 5.92 Å². The van der Waals surface area contributed by atoms with Gasteiger partial charge in [-0.05, 0) is 42.9 Å². The summed E-state index contributed by atoms with van der Waals surface area (Å²) >= 11 is 3.39. The van der Waals surface area contributed by atoms with Crippen LogP contribution in [0.1, 0.15) is 45.1 Å². The smallest absolute Gasteiger partial charge is 0.226 e. The van der Waals surface area contributed by atoms with Crippen molar-refractivity contribution in [2.75, 3.05) is 30.3 Å². The molecule has 0 aromatic heterocycles. The topological polar surface area (TPSA) is 74.8 Å². The third-order valence-electron chi connectivity index (χ3n) is 5.65. The molecule has 2 aliphatic rings. The van der Waals surface area contributed by atoms with Crippen molar-refractivity contribution in [1.82, 2.24) is 4.90 Å². The summed E-state index contributed by atoms with van der Waals surface area (Å²) in [6.45, 7) is 5.83. The molecule has 0 bridgehead atoms. The molecule has 0 spiro atoms. The number of amides is 2. The van der Waals surface area contributed by atoms with Crippen molar-refractivity contribution >= 4 is 43.3 Å². The number of rotatable bonds is 5. The Hall–Kier alpha value is -1.41. The second-order valence-corrected chi connectivity index (χ2v) is 10.7. The number of carbonyl (C=O) groups excluding carboxylic acids is 2. The van der Waals surface area contributed by atoms with Crippen molar-refractivity contribution in [1.29, 1.82) is 0 Å². The van der Waals surface area contributed by atoms with Gasteiger partial charge in [0, 0.05) is 36.9 Å². The van der Waals surface area contributed by atoms with Gasteiger partial charge in [0.1, 0.15) is 0 Å². The molecule has 0 saturated carbocycles. The lowest BCUT2D eigenvalue weighted by Gasteiger charge is -2.30. The Labute approximate surface area is 175 Å². The van der Waals surface area contributed by atoms with Crippen LogP contribution in [0.4, 0.5) is 5.69 Å². The maximum Gasteiger partial charge on any atom is 0.226 e. The second-order valence-electron chi connectivity index (χ2n) is 7.69. The highest BCUT2D eigenvalue weighted by Crippen LogP contribution is 2.38. The molecule has 2 amide bonds. The van der Waals surface area contributed by atoms with E-state index in [0.717, 1.165) is 18.4 Å². The van der Waals surface area contributed by atoms with Crippen LogP contribution in [0.15, 0.2) is 21.5 Å². The van der Waals surface area contributed by atoms with Gasteiger partial charge < -0.3 is 9.80 Å². The van der Waals surface area contributed by atoms with Gasteiger partial charge in [-0.1, -0.05) is 29.8 Å². The maximum absolute atomic E-state index is 13.1. The van der Waals surface area contributed by atoms with E-state index in [-0.39, 0.29) is 28.9 Å². The largest absolute Gasteiger partial charge is 0.343 e. The first-order valence-corrected chi connectivity index (χ1v) is 12.3. The van der Waals surface area contributed by atoms with Gasteiger partial charge in [-0.15, -0.1) is 0 Å². The van der Waals surface area contributed by atoms with Gasteiger partial charge in [-0.2, -0.15) is 0 Å². The molecular weight excluding hydrogens is 444 g/mol. The first-order chi connectivity index (χ1) is 13.2. The number of fused-ring (bicyclic) bond motifs is 1. The SMILES string of the molecule is CCC(=O)N1CCc2cc(Br)cc(S(=O)(=O)CCC(=O)N3CCC(C)CC3)c21. The minimum Gasteiger partial charge on any atom is -0.343 e. The van der Waals surface area contributed by atoms with Crippen LogP contribution in [0.25, 0.3) is 0 Å². The van der Waals surface area contributed by atoms with Gasteiger partial charge in [-0.3, -0.25) is 9.59 Å². The number of likely N-dealkylation sites (tertiary alicyclic amines) is 1. The average Bonchev–Trinajstić information content (AvgIpc) is 3.09. The third kappa shape index (κ3) is 4.43. The number of benzene rings is 1. The fraction of sp³-hybridized carbons (Fsp3) is 0.600. The van der Waals surface area contributed by atoms with E-state index in [9.17, 15) is 18.0 Å². The lowest BCUT2D eigenvalue weighted by molar-refractivity contribution is -0.132. The number of halogens is 1. The van der Waals surface area contributed by atoms with Crippen LogP contribution >= 0.6 is 15.9 Å². The molecular formula is C20H27BrN2O4S. The summed E-state index contributed by atoms with van der Waals surface area (Å²) in [6, 6.07) is 3.43. The van der Waals surface area contributed by atoms with Crippen molar-refractivity contribution in [3.8, 4) is 0 Å². The molecule has 0 N–H and O–H groups in total. The van der Waals surface area contributed by atoms with Crippen LogP contribution in [0.5, 0.6) is 0 Å². The molecule has 6 nitrogen and oxygen atoms in total. The molecule has 2 heterocycles. The predicted molar refractivity (Wildman–Crippen MR) is 112 cm³/mol. The van der Waals surface area contributed by atoms with Gasteiger partial charge in [0.05, 0.1) is 16.3 Å². The molecule has 0 unspecified atom stereocenters. The summed E-state index contributed by atoms with van der Waals surface area (Å²) in [5.74, 6) is 0.174. The highest BCUT2D eigenvalue weighted by atomic mass is 79.9. The normalized spacial score (nSPS) is 17.7. The zero-order valence-electron chi connectivity index (χ0n) is 16.4.